The van der Waals surface area contributed by atoms with Gasteiger partial charge >= 0.3 is 0 Å². The summed E-state index contributed by atoms with van der Waals surface area (Å²) in [6.45, 7) is 7.73. The summed E-state index contributed by atoms with van der Waals surface area (Å²) in [7, 11) is 0. The van der Waals surface area contributed by atoms with Crippen molar-refractivity contribution < 1.29 is 9.59 Å². The summed E-state index contributed by atoms with van der Waals surface area (Å²) < 4.78 is 0. The Hall–Kier alpha value is -1.59. The Bertz CT molecular complexity index is 584. The highest BCUT2D eigenvalue weighted by Crippen LogP contribution is 2.20. The van der Waals surface area contributed by atoms with Gasteiger partial charge in [0.25, 0.3) is 5.91 Å². The Morgan fingerprint density at radius 3 is 2.52 bits per heavy atom. The van der Waals surface area contributed by atoms with Crippen LogP contribution < -0.4 is 11.1 Å². The predicted octanol–water partition coefficient (Wildman–Crippen LogP) is 2.43. The summed E-state index contributed by atoms with van der Waals surface area (Å²) >= 11 is 0. The van der Waals surface area contributed by atoms with Crippen molar-refractivity contribution >= 4 is 24.2 Å². The number of nitrogens with two attached hydrogens (primary N) is 1. The minimum Gasteiger partial charge on any atom is -0.356 e. The van der Waals surface area contributed by atoms with Crippen molar-refractivity contribution in [2.24, 2.45) is 11.7 Å². The SMILES string of the molecule is Cc1cc(C)cc(C(=O)N2CCCC(C(=O)NCCC(C)N)C2)c1.Cl. The number of carbonyl (C=O) groups excluding carboxylic acids is 2. The van der Waals surface area contributed by atoms with Crippen LogP contribution in [0.4, 0.5) is 0 Å². The number of amides is 2. The van der Waals surface area contributed by atoms with Crippen LogP contribution in [0.5, 0.6) is 0 Å². The molecule has 0 bridgehead atoms. The average molecular weight is 368 g/mol. The lowest BCUT2D eigenvalue weighted by molar-refractivity contribution is -0.126. The normalized spacial score (nSPS) is 18.2. The summed E-state index contributed by atoms with van der Waals surface area (Å²) in [6, 6.07) is 5.98. The Morgan fingerprint density at radius 1 is 1.28 bits per heavy atom. The average Bonchev–Trinajstić information content (AvgIpc) is 2.53. The van der Waals surface area contributed by atoms with E-state index in [4.69, 9.17) is 5.73 Å². The zero-order valence-electron chi connectivity index (χ0n) is 15.4. The molecule has 1 heterocycles. The minimum atomic E-state index is -0.123. The van der Waals surface area contributed by atoms with Gasteiger partial charge < -0.3 is 16.0 Å². The quantitative estimate of drug-likeness (QED) is 0.839. The highest BCUT2D eigenvalue weighted by Gasteiger charge is 2.28. The van der Waals surface area contributed by atoms with Gasteiger partial charge in [0, 0.05) is 31.2 Å². The van der Waals surface area contributed by atoms with Gasteiger partial charge in [0.05, 0.1) is 5.92 Å². The molecular formula is C19H30ClN3O2. The number of likely N-dealkylation sites (tertiary alicyclic amines) is 1. The van der Waals surface area contributed by atoms with Crippen molar-refractivity contribution in [3.8, 4) is 0 Å². The van der Waals surface area contributed by atoms with Gasteiger partial charge in [-0.05, 0) is 52.2 Å². The van der Waals surface area contributed by atoms with Crippen molar-refractivity contribution in [1.29, 1.82) is 0 Å². The van der Waals surface area contributed by atoms with Crippen LogP contribution in [0.2, 0.25) is 0 Å². The van der Waals surface area contributed by atoms with Crippen molar-refractivity contribution in [3.05, 3.63) is 34.9 Å². The summed E-state index contributed by atoms with van der Waals surface area (Å²) in [4.78, 5) is 26.9. The Kier molecular flexibility index (Phi) is 8.39. The first-order valence-electron chi connectivity index (χ1n) is 8.77. The second kappa shape index (κ2) is 9.78. The van der Waals surface area contributed by atoms with E-state index >= 15 is 0 Å². The van der Waals surface area contributed by atoms with E-state index in [2.05, 4.69) is 11.4 Å². The number of nitrogens with one attached hydrogen (secondary N) is 1. The van der Waals surface area contributed by atoms with Crippen LogP contribution in [-0.2, 0) is 4.79 Å². The van der Waals surface area contributed by atoms with Crippen LogP contribution in [-0.4, -0.2) is 42.4 Å². The van der Waals surface area contributed by atoms with Gasteiger partial charge in [0.15, 0.2) is 0 Å². The first-order valence-corrected chi connectivity index (χ1v) is 8.77. The van der Waals surface area contributed by atoms with Crippen molar-refractivity contribution in [1.82, 2.24) is 10.2 Å². The number of rotatable bonds is 5. The standard InChI is InChI=1S/C19H29N3O2.ClH/c1-13-9-14(2)11-17(10-13)19(24)22-8-4-5-16(12-22)18(23)21-7-6-15(3)20;/h9-11,15-16H,4-8,12,20H2,1-3H3,(H,21,23);1H. The number of nitrogens with zero attached hydrogens (tertiary/aromatic N) is 1. The van der Waals surface area contributed by atoms with E-state index in [1.54, 1.807) is 0 Å². The topological polar surface area (TPSA) is 75.4 Å². The monoisotopic (exact) mass is 367 g/mol. The maximum atomic E-state index is 12.8. The maximum Gasteiger partial charge on any atom is 0.253 e. The fraction of sp³-hybridized carbons (Fsp3) is 0.579. The first kappa shape index (κ1) is 21.5. The molecule has 0 radical (unpaired) electrons. The number of hydrogen-bond donors (Lipinski definition) is 2. The number of aryl methyl sites for hydroxylation is 2. The summed E-state index contributed by atoms with van der Waals surface area (Å²) in [6.07, 6.45) is 2.46. The smallest absolute Gasteiger partial charge is 0.253 e. The molecule has 0 spiro atoms. The molecule has 140 valence electrons. The number of piperidine rings is 1. The molecule has 3 N–H and O–H groups in total. The number of benzene rings is 1. The molecule has 1 aliphatic rings. The van der Waals surface area contributed by atoms with Crippen LogP contribution in [0.1, 0.15) is 47.7 Å². The first-order chi connectivity index (χ1) is 11.4. The van der Waals surface area contributed by atoms with Crippen LogP contribution in [0, 0.1) is 19.8 Å². The number of hydrogen-bond acceptors (Lipinski definition) is 3. The molecule has 25 heavy (non-hydrogen) atoms. The Balaban J connectivity index is 0.00000312. The fourth-order valence-electron chi connectivity index (χ4n) is 3.22. The van der Waals surface area contributed by atoms with Gasteiger partial charge in [-0.25, -0.2) is 0 Å². The second-order valence-corrected chi connectivity index (χ2v) is 7.02. The van der Waals surface area contributed by atoms with Crippen molar-refractivity contribution in [3.63, 3.8) is 0 Å². The lowest BCUT2D eigenvalue weighted by atomic mass is 9.96. The van der Waals surface area contributed by atoms with E-state index in [1.165, 1.54) is 0 Å². The highest BCUT2D eigenvalue weighted by atomic mass is 35.5. The highest BCUT2D eigenvalue weighted by molar-refractivity contribution is 5.95. The number of halogens is 1. The van der Waals surface area contributed by atoms with Crippen molar-refractivity contribution in [2.75, 3.05) is 19.6 Å². The van der Waals surface area contributed by atoms with Gasteiger partial charge in [-0.2, -0.15) is 0 Å². The molecule has 1 aromatic carbocycles. The Morgan fingerprint density at radius 2 is 1.92 bits per heavy atom. The van der Waals surface area contributed by atoms with Crippen LogP contribution in [0.25, 0.3) is 0 Å². The molecule has 2 amide bonds. The van der Waals surface area contributed by atoms with E-state index in [0.717, 1.165) is 36.9 Å². The zero-order chi connectivity index (χ0) is 17.7. The predicted molar refractivity (Wildman–Crippen MR) is 103 cm³/mol. The fourth-order valence-corrected chi connectivity index (χ4v) is 3.22. The summed E-state index contributed by atoms with van der Waals surface area (Å²) in [5, 5.41) is 2.94. The summed E-state index contributed by atoms with van der Waals surface area (Å²) in [5.74, 6) is -0.0647. The van der Waals surface area contributed by atoms with Gasteiger partial charge in [0.1, 0.15) is 0 Å². The molecule has 1 aromatic rings. The molecule has 2 unspecified atom stereocenters. The maximum absolute atomic E-state index is 12.8. The largest absolute Gasteiger partial charge is 0.356 e. The molecule has 5 nitrogen and oxygen atoms in total. The third-order valence-electron chi connectivity index (χ3n) is 4.45. The van der Waals surface area contributed by atoms with E-state index in [1.807, 2.05) is 37.8 Å². The van der Waals surface area contributed by atoms with Gasteiger partial charge in [-0.3, -0.25) is 9.59 Å². The van der Waals surface area contributed by atoms with Gasteiger partial charge in [0.2, 0.25) is 5.91 Å². The van der Waals surface area contributed by atoms with Crippen LogP contribution >= 0.6 is 12.4 Å². The number of carbonyl (C=O) groups is 2. The molecule has 2 atom stereocenters. The lowest BCUT2D eigenvalue weighted by Crippen LogP contribution is -2.46. The third-order valence-corrected chi connectivity index (χ3v) is 4.45. The van der Waals surface area contributed by atoms with Gasteiger partial charge in [-0.15, -0.1) is 12.4 Å². The van der Waals surface area contributed by atoms with E-state index in [9.17, 15) is 9.59 Å². The molecule has 1 saturated heterocycles. The molecule has 0 aromatic heterocycles. The summed E-state index contributed by atoms with van der Waals surface area (Å²) in [5.41, 5.74) is 8.58. The molecule has 0 saturated carbocycles. The molecule has 6 heteroatoms. The van der Waals surface area contributed by atoms with E-state index in [0.29, 0.717) is 18.7 Å². The molecule has 1 aliphatic heterocycles. The molecule has 1 fully saturated rings. The van der Waals surface area contributed by atoms with E-state index in [-0.39, 0.29) is 36.2 Å². The third kappa shape index (κ3) is 6.33. The lowest BCUT2D eigenvalue weighted by Gasteiger charge is -2.32. The van der Waals surface area contributed by atoms with E-state index < -0.39 is 0 Å². The van der Waals surface area contributed by atoms with Crippen LogP contribution in [0.3, 0.4) is 0 Å². The molecule has 0 aliphatic carbocycles. The van der Waals surface area contributed by atoms with Gasteiger partial charge in [-0.1, -0.05) is 17.2 Å². The van der Waals surface area contributed by atoms with Crippen LogP contribution in [0.15, 0.2) is 18.2 Å². The Labute approximate surface area is 156 Å². The molecular weight excluding hydrogens is 338 g/mol. The van der Waals surface area contributed by atoms with Crippen molar-refractivity contribution in [2.45, 2.75) is 46.1 Å². The molecule has 2 rings (SSSR count). The second-order valence-electron chi connectivity index (χ2n) is 7.02. The zero-order valence-corrected chi connectivity index (χ0v) is 16.2. The minimum absolute atomic E-state index is 0.